The molecule has 13 heteroatoms. The van der Waals surface area contributed by atoms with Gasteiger partial charge in [-0.1, -0.05) is 60.7 Å². The smallest absolute Gasteiger partial charge is 0.409 e. The fourth-order valence-corrected chi connectivity index (χ4v) is 9.64. The molecule has 0 bridgehead atoms. The highest BCUT2D eigenvalue weighted by atomic mass is 32.2. The van der Waals surface area contributed by atoms with E-state index in [4.69, 9.17) is 14.3 Å². The average molecular weight is 692 g/mol. The minimum absolute atomic E-state index is 0.00351. The molecule has 1 aromatic heterocycles. The van der Waals surface area contributed by atoms with Crippen LogP contribution in [0.4, 0.5) is 9.18 Å². The second kappa shape index (κ2) is 13.8. The molecule has 3 heterocycles. The molecule has 1 aliphatic carbocycles. The Balaban J connectivity index is 1.11. The third-order valence-electron chi connectivity index (χ3n) is 8.98. The average Bonchev–Trinajstić information content (AvgIpc) is 3.74. The monoisotopic (exact) mass is 691 g/mol. The molecule has 250 valence electrons. The third-order valence-corrected chi connectivity index (χ3v) is 12.4. The summed E-state index contributed by atoms with van der Waals surface area (Å²) in [5.74, 6) is -1.33. The number of carbonyl (C=O) groups is 2. The van der Waals surface area contributed by atoms with Crippen LogP contribution in [0, 0.1) is 5.82 Å². The maximum Gasteiger partial charge on any atom is 0.409 e. The van der Waals surface area contributed by atoms with E-state index in [-0.39, 0.29) is 36.4 Å². The molecule has 0 spiro atoms. The van der Waals surface area contributed by atoms with Crippen LogP contribution in [-0.4, -0.2) is 74.8 Å². The maximum absolute atomic E-state index is 14.2. The van der Waals surface area contributed by atoms with Gasteiger partial charge in [0.05, 0.1) is 0 Å². The van der Waals surface area contributed by atoms with Crippen LogP contribution in [0.3, 0.4) is 0 Å². The molecule has 4 aromatic rings. The van der Waals surface area contributed by atoms with Crippen molar-refractivity contribution < 1.29 is 36.7 Å². The molecule has 2 amide bonds. The van der Waals surface area contributed by atoms with Crippen molar-refractivity contribution in [1.29, 1.82) is 0 Å². The number of rotatable bonds is 8. The van der Waals surface area contributed by atoms with Crippen LogP contribution < -0.4 is 5.48 Å². The van der Waals surface area contributed by atoms with Gasteiger partial charge in [0.15, 0.2) is 6.29 Å². The zero-order chi connectivity index (χ0) is 33.3. The second-order valence-corrected chi connectivity index (χ2v) is 14.9. The Hall–Kier alpha value is -4.14. The normalized spacial score (nSPS) is 19.8. The fourth-order valence-electron chi connectivity index (χ4n) is 6.56. The molecule has 2 atom stereocenters. The second-order valence-electron chi connectivity index (χ2n) is 11.9. The summed E-state index contributed by atoms with van der Waals surface area (Å²) in [5, 5.41) is 1.64. The van der Waals surface area contributed by atoms with Gasteiger partial charge >= 0.3 is 6.09 Å². The van der Waals surface area contributed by atoms with Crippen molar-refractivity contribution >= 4 is 33.4 Å². The topological polar surface area (TPSA) is 114 Å². The predicted octanol–water partition coefficient (Wildman–Crippen LogP) is 5.75. The lowest BCUT2D eigenvalue weighted by atomic mass is 9.98. The summed E-state index contributed by atoms with van der Waals surface area (Å²) in [6.07, 6.45) is 1.03. The first-order chi connectivity index (χ1) is 23.3. The Labute approximate surface area is 282 Å². The van der Waals surface area contributed by atoms with Crippen LogP contribution in [0.25, 0.3) is 22.3 Å². The Morgan fingerprint density at radius 3 is 2.31 bits per heavy atom. The van der Waals surface area contributed by atoms with Crippen LogP contribution in [0.1, 0.15) is 36.3 Å². The molecule has 1 unspecified atom stereocenters. The number of nitrogens with zero attached hydrogens (tertiary/aromatic N) is 2. The van der Waals surface area contributed by atoms with E-state index in [9.17, 15) is 22.4 Å². The Morgan fingerprint density at radius 2 is 1.62 bits per heavy atom. The molecule has 48 heavy (non-hydrogen) atoms. The van der Waals surface area contributed by atoms with Crippen LogP contribution in [0.5, 0.6) is 0 Å². The number of hydrogen-bond acceptors (Lipinski definition) is 8. The predicted molar refractivity (Wildman–Crippen MR) is 177 cm³/mol. The molecule has 1 N–H and O–H groups in total. The number of thiophene rings is 1. The van der Waals surface area contributed by atoms with Gasteiger partial charge < -0.3 is 14.4 Å². The number of halogens is 1. The summed E-state index contributed by atoms with van der Waals surface area (Å²) in [5.41, 5.74) is 7.63. The zero-order valence-corrected chi connectivity index (χ0v) is 27.6. The fraction of sp³-hybridized carbons (Fsp3) is 0.314. The van der Waals surface area contributed by atoms with Crippen LogP contribution in [-0.2, 0) is 29.1 Å². The van der Waals surface area contributed by atoms with Gasteiger partial charge in [-0.2, -0.15) is 4.31 Å². The van der Waals surface area contributed by atoms with Gasteiger partial charge in [0, 0.05) is 44.1 Å². The summed E-state index contributed by atoms with van der Waals surface area (Å²) >= 11 is 1.01. The van der Waals surface area contributed by atoms with Crippen molar-refractivity contribution in [3.8, 4) is 22.3 Å². The van der Waals surface area contributed by atoms with Crippen LogP contribution in [0.15, 0.2) is 88.5 Å². The van der Waals surface area contributed by atoms with E-state index in [1.807, 2.05) is 48.5 Å². The zero-order valence-electron chi connectivity index (χ0n) is 25.9. The summed E-state index contributed by atoms with van der Waals surface area (Å²) in [6, 6.07) is 21.9. The van der Waals surface area contributed by atoms with Crippen molar-refractivity contribution in [2.45, 2.75) is 41.7 Å². The van der Waals surface area contributed by atoms with Gasteiger partial charge in [0.25, 0.3) is 15.9 Å². The lowest BCUT2D eigenvalue weighted by molar-refractivity contribution is -0.202. The Bertz CT molecular complexity index is 1870. The summed E-state index contributed by atoms with van der Waals surface area (Å²) in [7, 11) is -4.25. The standard InChI is InChI=1S/C35H34FN3O7S2/c36-24-14-12-23(13-15-24)25-16-20-47-34(25)48(42,43)39-18-17-38(21-31(39)33(40)37-46-32-11-5-6-19-44-32)35(41)45-22-30-28-9-3-1-7-26(28)27-8-2-4-10-29(27)30/h1-4,7-10,12-16,20,30-32H,5-6,11,17-19,21-22H2,(H,37,40)/t31-,32?/m1/s1. The number of hydroxylamine groups is 1. The van der Waals surface area contributed by atoms with Gasteiger partial charge in [0.1, 0.15) is 22.7 Å². The summed E-state index contributed by atoms with van der Waals surface area (Å²) < 4.78 is 54.6. The molecule has 2 aliphatic heterocycles. The lowest BCUT2D eigenvalue weighted by Gasteiger charge is -2.39. The van der Waals surface area contributed by atoms with E-state index < -0.39 is 40.2 Å². The Morgan fingerprint density at radius 1 is 0.917 bits per heavy atom. The number of hydrogen-bond donors (Lipinski definition) is 1. The highest BCUT2D eigenvalue weighted by molar-refractivity contribution is 7.91. The first-order valence-corrected chi connectivity index (χ1v) is 18.2. The highest BCUT2D eigenvalue weighted by Gasteiger charge is 2.44. The largest absolute Gasteiger partial charge is 0.448 e. The number of sulfonamides is 1. The molecule has 0 saturated carbocycles. The number of benzene rings is 3. The van der Waals surface area contributed by atoms with Crippen molar-refractivity contribution in [1.82, 2.24) is 14.7 Å². The molecule has 3 aromatic carbocycles. The molecule has 2 fully saturated rings. The van der Waals surface area contributed by atoms with Crippen molar-refractivity contribution in [2.75, 3.05) is 32.8 Å². The molecule has 0 radical (unpaired) electrons. The van der Waals surface area contributed by atoms with Gasteiger partial charge in [-0.25, -0.2) is 27.9 Å². The van der Waals surface area contributed by atoms with E-state index >= 15 is 0 Å². The molecule has 2 saturated heterocycles. The van der Waals surface area contributed by atoms with Crippen molar-refractivity contribution in [2.24, 2.45) is 0 Å². The first kappa shape index (κ1) is 32.4. The minimum atomic E-state index is -4.25. The maximum atomic E-state index is 14.2. The summed E-state index contributed by atoms with van der Waals surface area (Å²) in [4.78, 5) is 34.1. The lowest BCUT2D eigenvalue weighted by Crippen LogP contribution is -2.61. The molecular formula is C35H34FN3O7S2. The van der Waals surface area contributed by atoms with Crippen LogP contribution in [0.2, 0.25) is 0 Å². The van der Waals surface area contributed by atoms with Gasteiger partial charge in [-0.3, -0.25) is 4.79 Å². The first-order valence-electron chi connectivity index (χ1n) is 15.8. The molecule has 3 aliphatic rings. The van der Waals surface area contributed by atoms with Gasteiger partial charge in [-0.05, 0) is 64.2 Å². The number of piperazine rings is 1. The number of carbonyl (C=O) groups excluding carboxylic acids is 2. The third kappa shape index (κ3) is 6.36. The van der Waals surface area contributed by atoms with E-state index in [1.54, 1.807) is 11.4 Å². The van der Waals surface area contributed by atoms with E-state index in [0.29, 0.717) is 24.2 Å². The van der Waals surface area contributed by atoms with E-state index in [0.717, 1.165) is 50.7 Å². The van der Waals surface area contributed by atoms with E-state index in [2.05, 4.69) is 5.48 Å². The van der Waals surface area contributed by atoms with Gasteiger partial charge in [-0.15, -0.1) is 11.3 Å². The molecule has 10 nitrogen and oxygen atoms in total. The molecular weight excluding hydrogens is 658 g/mol. The Kier molecular flexibility index (Phi) is 9.30. The number of fused-ring (bicyclic) bond motifs is 3. The van der Waals surface area contributed by atoms with Gasteiger partial charge in [0.2, 0.25) is 0 Å². The summed E-state index contributed by atoms with van der Waals surface area (Å²) in [6.45, 7) is 0.161. The number of amides is 2. The quantitative estimate of drug-likeness (QED) is 0.234. The number of nitrogens with one attached hydrogen (secondary N) is 1. The van der Waals surface area contributed by atoms with E-state index in [1.165, 1.54) is 29.2 Å². The highest BCUT2D eigenvalue weighted by Crippen LogP contribution is 2.44. The van der Waals surface area contributed by atoms with Crippen molar-refractivity contribution in [3.63, 3.8) is 0 Å². The van der Waals surface area contributed by atoms with Crippen molar-refractivity contribution in [3.05, 3.63) is 101 Å². The molecule has 7 rings (SSSR count). The SMILES string of the molecule is O=C(NOC1CCCCO1)[C@H]1CN(C(=O)OCC2c3ccccc3-c3ccccc32)CCN1S(=O)(=O)c1sccc1-c1ccc(F)cc1. The number of ether oxygens (including phenoxy) is 2. The van der Waals surface area contributed by atoms with Crippen LogP contribution >= 0.6 is 11.3 Å². The minimum Gasteiger partial charge on any atom is -0.448 e.